The molecule has 7 saturated carbocycles. The van der Waals surface area contributed by atoms with Crippen LogP contribution >= 0.6 is 0 Å². The Balaban J connectivity index is 0.981. The van der Waals surface area contributed by atoms with Gasteiger partial charge in [-0.15, -0.1) is 0 Å². The number of aliphatic hydroxyl groups excluding tert-OH is 1. The zero-order valence-corrected chi connectivity index (χ0v) is 38.3. The number of ketones is 1. The van der Waals surface area contributed by atoms with E-state index in [2.05, 4.69) is 70.2 Å². The number of hydrogen-bond acceptors (Lipinski definition) is 6. The van der Waals surface area contributed by atoms with E-state index in [9.17, 15) is 15.0 Å². The van der Waals surface area contributed by atoms with Crippen LogP contribution in [0.25, 0.3) is 11.1 Å². The van der Waals surface area contributed by atoms with Crippen LogP contribution in [0.1, 0.15) is 136 Å². The lowest BCUT2D eigenvalue weighted by Gasteiger charge is -2.71. The van der Waals surface area contributed by atoms with Gasteiger partial charge in [0.1, 0.15) is 0 Å². The largest absolute Gasteiger partial charge is 0.448 e. The van der Waals surface area contributed by atoms with Crippen molar-refractivity contribution in [3.05, 3.63) is 84.0 Å². The Morgan fingerprint density at radius 2 is 1.45 bits per heavy atom. The van der Waals surface area contributed by atoms with Crippen LogP contribution in [0.5, 0.6) is 0 Å². The van der Waals surface area contributed by atoms with Crippen LogP contribution in [0.4, 0.5) is 0 Å². The van der Waals surface area contributed by atoms with Gasteiger partial charge in [-0.25, -0.2) is 0 Å². The van der Waals surface area contributed by atoms with Crippen LogP contribution in [-0.4, -0.2) is 63.2 Å². The first-order valence-corrected chi connectivity index (χ1v) is 24.3. The van der Waals surface area contributed by atoms with Crippen LogP contribution in [0.3, 0.4) is 0 Å². The average molecular weight is 840 g/mol. The Hall–Kier alpha value is -3.55. The molecule has 7 nitrogen and oxygen atoms in total. The summed E-state index contributed by atoms with van der Waals surface area (Å²) in [6, 6.07) is 18.3. The van der Waals surface area contributed by atoms with E-state index in [1.165, 1.54) is 6.42 Å². The zero-order valence-electron chi connectivity index (χ0n) is 38.3. The first-order valence-electron chi connectivity index (χ1n) is 24.3. The number of aliphatic hydroxyl groups is 2. The first-order chi connectivity index (χ1) is 29.2. The van der Waals surface area contributed by atoms with Gasteiger partial charge in [0.2, 0.25) is 0 Å². The molecule has 1 heterocycles. The fourth-order valence-electron chi connectivity index (χ4n) is 17.2. The molecule has 13 rings (SSSR count). The highest BCUT2D eigenvalue weighted by molar-refractivity contribution is 6.10. The maximum absolute atomic E-state index is 15.6. The van der Waals surface area contributed by atoms with Crippen molar-refractivity contribution in [2.24, 2.45) is 67.5 Å². The summed E-state index contributed by atoms with van der Waals surface area (Å²) in [7, 11) is 0. The van der Waals surface area contributed by atoms with Gasteiger partial charge in [0.05, 0.1) is 23.7 Å². The second kappa shape index (κ2) is 12.8. The van der Waals surface area contributed by atoms with Gasteiger partial charge in [0.15, 0.2) is 11.4 Å². The Morgan fingerprint density at radius 1 is 0.774 bits per heavy atom. The highest BCUT2D eigenvalue weighted by Crippen LogP contribution is 2.79. The predicted octanol–water partition coefficient (Wildman–Crippen LogP) is 10.2. The average Bonchev–Trinajstić information content (AvgIpc) is 3.71. The molecule has 8 fully saturated rings. The van der Waals surface area contributed by atoms with E-state index < -0.39 is 44.4 Å². The van der Waals surface area contributed by atoms with E-state index in [0.29, 0.717) is 49.6 Å². The Labute approximate surface area is 369 Å². The molecule has 2 aromatic rings. The highest BCUT2D eigenvalue weighted by atomic mass is 16.6. The monoisotopic (exact) mass is 840 g/mol. The quantitative estimate of drug-likeness (QED) is 0.156. The molecule has 1 aliphatic heterocycles. The summed E-state index contributed by atoms with van der Waals surface area (Å²) in [6.45, 7) is 16.3. The molecule has 0 aromatic heterocycles. The highest BCUT2D eigenvalue weighted by Gasteiger charge is 2.78. The van der Waals surface area contributed by atoms with Gasteiger partial charge in [-0.1, -0.05) is 114 Å². The Bertz CT molecular complexity index is 2310. The third-order valence-corrected chi connectivity index (χ3v) is 21.8. The van der Waals surface area contributed by atoms with E-state index in [1.54, 1.807) is 0 Å². The van der Waals surface area contributed by atoms with Crippen LogP contribution in [0.2, 0.25) is 0 Å². The molecule has 0 radical (unpaired) electrons. The van der Waals surface area contributed by atoms with Gasteiger partial charge in [-0.05, 0) is 136 Å². The smallest absolute Gasteiger partial charge is 0.313 e. The van der Waals surface area contributed by atoms with E-state index in [4.69, 9.17) is 4.74 Å². The number of hydrogen-bond donors (Lipinski definition) is 2. The van der Waals surface area contributed by atoms with Crippen molar-refractivity contribution in [1.29, 1.82) is 0 Å². The molecule has 2 N–H and O–H groups in total. The molecular formula is C55H69NO6. The molecule has 2 aromatic carbocycles. The summed E-state index contributed by atoms with van der Waals surface area (Å²) in [4.78, 5) is 46.6. The summed E-state index contributed by atoms with van der Waals surface area (Å²) < 4.78 is 6.31. The predicted molar refractivity (Wildman–Crippen MR) is 239 cm³/mol. The summed E-state index contributed by atoms with van der Waals surface area (Å²) in [5, 5.41) is 24.9. The van der Waals surface area contributed by atoms with Gasteiger partial charge in [0, 0.05) is 39.3 Å². The molecule has 11 aliphatic rings. The van der Waals surface area contributed by atoms with Crippen molar-refractivity contribution >= 4 is 17.7 Å². The molecular weight excluding hydrogens is 771 g/mol. The summed E-state index contributed by atoms with van der Waals surface area (Å²) in [6.07, 6.45) is 16.3. The minimum absolute atomic E-state index is 0.0394. The number of allylic oxidation sites excluding steroid dienone is 4. The molecule has 2 spiro atoms. The number of ether oxygens (including phenoxy) is 1. The van der Waals surface area contributed by atoms with Crippen molar-refractivity contribution in [1.82, 2.24) is 4.90 Å². The number of benzene rings is 2. The lowest BCUT2D eigenvalue weighted by Crippen LogP contribution is -2.68. The van der Waals surface area contributed by atoms with Crippen molar-refractivity contribution in [2.45, 2.75) is 143 Å². The summed E-state index contributed by atoms with van der Waals surface area (Å²) in [5.41, 5.74) is -1.78. The van der Waals surface area contributed by atoms with Crippen molar-refractivity contribution in [2.75, 3.05) is 13.1 Å². The number of nitrogens with zero attached hydrogens (tertiary/aromatic N) is 1. The molecule has 330 valence electrons. The molecule has 62 heavy (non-hydrogen) atoms. The maximum atomic E-state index is 15.6. The zero-order chi connectivity index (χ0) is 43.7. The molecule has 1 saturated heterocycles. The molecule has 7 heteroatoms. The van der Waals surface area contributed by atoms with Gasteiger partial charge >= 0.3 is 5.97 Å². The van der Waals surface area contributed by atoms with Gasteiger partial charge < -0.3 is 19.8 Å². The molecule has 13 atom stereocenters. The van der Waals surface area contributed by atoms with Gasteiger partial charge in [0.25, 0.3) is 5.91 Å². The lowest BCUT2D eigenvalue weighted by molar-refractivity contribution is -0.190. The fourth-order valence-corrected chi connectivity index (χ4v) is 17.2. The number of carbonyl (C=O) groups excluding carboxylic acids is 3. The van der Waals surface area contributed by atoms with E-state index >= 15 is 9.59 Å². The van der Waals surface area contributed by atoms with Crippen molar-refractivity contribution < 1.29 is 29.3 Å². The van der Waals surface area contributed by atoms with E-state index in [-0.39, 0.29) is 46.9 Å². The number of esters is 1. The van der Waals surface area contributed by atoms with Gasteiger partial charge in [-0.3, -0.25) is 14.4 Å². The van der Waals surface area contributed by atoms with Crippen molar-refractivity contribution in [3.63, 3.8) is 0 Å². The van der Waals surface area contributed by atoms with E-state index in [0.717, 1.165) is 67.6 Å². The standard InChI is InChI=1S/C55H69NO6/c1-47(2)38-18-17-37(40(47)29-38)32-56(45(59)55-28-25-51(7,46(60)62-55)48(55,3)4)33-53(61)24-21-43-50(53,6)23-20-42-49(5)22-19-39(57)30-52(49)26-27-54(42,43)41(31-52)44(58)36-15-13-35(14-16-36)34-11-9-8-10-12-34/h8-16,26-27,31,37-40,42-43,57,61H,17-25,28-30,32-33H2,1-7H3/t37-,38-,39?,40-,42+,43+,49+,50-,51-,52-,53+,54+,55+/m0/s1. The number of rotatable bonds is 8. The minimum atomic E-state index is -1.26. The van der Waals surface area contributed by atoms with Crippen LogP contribution < -0.4 is 0 Å². The third-order valence-electron chi connectivity index (χ3n) is 21.8. The molecule has 6 bridgehead atoms. The topological polar surface area (TPSA) is 104 Å². The summed E-state index contributed by atoms with van der Waals surface area (Å²) in [5.74, 6) is 1.35. The summed E-state index contributed by atoms with van der Waals surface area (Å²) >= 11 is 0. The van der Waals surface area contributed by atoms with Crippen LogP contribution in [0, 0.1) is 67.5 Å². The third kappa shape index (κ3) is 4.84. The Kier molecular flexibility index (Phi) is 8.52. The normalized spacial score (nSPS) is 45.9. The SMILES string of the molecule is CC1(C)[C@H]2CC[C@@H](CN(C[C@]3(O)CC[C@H]4[C@]56C=C[C@@]7(C=C5C(=O)c5ccc(-c8ccccc8)cc5)CC(O)CC[C@]7(C)[C@H]6CC[C@@]43C)C(=O)[C@@]34CC[C@@](C)(C(=O)O3)C4(C)C)[C@@H]1C2. The maximum Gasteiger partial charge on any atom is 0.313 e. The van der Waals surface area contributed by atoms with Crippen LogP contribution in [0.15, 0.2) is 78.4 Å². The number of amides is 1. The fraction of sp³-hybridized carbons (Fsp3) is 0.655. The van der Waals surface area contributed by atoms with Gasteiger partial charge in [-0.2, -0.15) is 0 Å². The number of Topliss-reactive ketones (excluding diaryl/α,β-unsaturated/α-hetero) is 1. The van der Waals surface area contributed by atoms with E-state index in [1.807, 2.05) is 56.0 Å². The van der Waals surface area contributed by atoms with Crippen molar-refractivity contribution in [3.8, 4) is 11.1 Å². The molecule has 10 aliphatic carbocycles. The number of fused-ring (bicyclic) bond motifs is 5. The lowest BCUT2D eigenvalue weighted by atomic mass is 9.32. The second-order valence-electron chi connectivity index (χ2n) is 24.1. The second-order valence-corrected chi connectivity index (χ2v) is 24.1. The molecule has 1 amide bonds. The van der Waals surface area contributed by atoms with Crippen LogP contribution in [-0.2, 0) is 14.3 Å². The first kappa shape index (κ1) is 41.2. The minimum Gasteiger partial charge on any atom is -0.448 e. The molecule has 1 unspecified atom stereocenters. The number of carbonyl (C=O) groups is 3. The Morgan fingerprint density at radius 3 is 2.11 bits per heavy atom.